The van der Waals surface area contributed by atoms with E-state index in [-0.39, 0.29) is 4.90 Å². The van der Waals surface area contributed by atoms with E-state index >= 15 is 0 Å². The van der Waals surface area contributed by atoms with Crippen molar-refractivity contribution in [1.29, 1.82) is 0 Å². The molecule has 21 heavy (non-hydrogen) atoms. The minimum Gasteiger partial charge on any atom is -0.397 e. The van der Waals surface area contributed by atoms with Crippen LogP contribution >= 0.6 is 0 Å². The van der Waals surface area contributed by atoms with Crippen molar-refractivity contribution in [3.05, 3.63) is 53.1 Å². The summed E-state index contributed by atoms with van der Waals surface area (Å²) in [5.41, 5.74) is 9.27. The van der Waals surface area contributed by atoms with E-state index in [1.54, 1.807) is 26.0 Å². The van der Waals surface area contributed by atoms with Crippen LogP contribution in [-0.4, -0.2) is 8.42 Å². The van der Waals surface area contributed by atoms with Gasteiger partial charge in [-0.2, -0.15) is 0 Å². The largest absolute Gasteiger partial charge is 0.397 e. The van der Waals surface area contributed by atoms with Crippen molar-refractivity contribution < 1.29 is 8.42 Å². The summed E-state index contributed by atoms with van der Waals surface area (Å²) in [5.74, 6) is 0. The summed E-state index contributed by atoms with van der Waals surface area (Å²) in [6.45, 7) is 5.56. The van der Waals surface area contributed by atoms with Crippen LogP contribution in [0, 0.1) is 13.8 Å². The smallest absolute Gasteiger partial charge is 0.264 e. The van der Waals surface area contributed by atoms with Gasteiger partial charge in [0.2, 0.25) is 0 Å². The van der Waals surface area contributed by atoms with Crippen LogP contribution in [0.25, 0.3) is 0 Å². The summed E-state index contributed by atoms with van der Waals surface area (Å²) in [6, 6.07) is 11.0. The third-order valence-electron chi connectivity index (χ3n) is 3.47. The average molecular weight is 304 g/mol. The van der Waals surface area contributed by atoms with Crippen LogP contribution in [0.3, 0.4) is 0 Å². The van der Waals surface area contributed by atoms with Gasteiger partial charge in [-0.15, -0.1) is 0 Å². The molecule has 0 aromatic heterocycles. The molecule has 0 unspecified atom stereocenters. The van der Waals surface area contributed by atoms with Gasteiger partial charge in [-0.05, 0) is 49.1 Å². The van der Waals surface area contributed by atoms with Gasteiger partial charge < -0.3 is 5.73 Å². The summed E-state index contributed by atoms with van der Waals surface area (Å²) in [7, 11) is -3.70. The molecule has 0 bridgehead atoms. The van der Waals surface area contributed by atoms with E-state index in [2.05, 4.69) is 4.72 Å². The fraction of sp³-hybridized carbons (Fsp3) is 0.250. The number of benzene rings is 2. The van der Waals surface area contributed by atoms with Gasteiger partial charge in [-0.25, -0.2) is 8.42 Å². The number of nitrogen functional groups attached to an aromatic ring is 1. The van der Waals surface area contributed by atoms with Gasteiger partial charge in [0.15, 0.2) is 0 Å². The van der Waals surface area contributed by atoms with Crippen molar-refractivity contribution in [2.75, 3.05) is 10.5 Å². The molecule has 0 heterocycles. The van der Waals surface area contributed by atoms with Crippen molar-refractivity contribution in [3.8, 4) is 0 Å². The molecule has 0 aliphatic carbocycles. The third kappa shape index (κ3) is 3.19. The van der Waals surface area contributed by atoms with Gasteiger partial charge in [0.25, 0.3) is 10.0 Å². The molecule has 2 rings (SSSR count). The quantitative estimate of drug-likeness (QED) is 0.852. The highest BCUT2D eigenvalue weighted by atomic mass is 32.2. The van der Waals surface area contributed by atoms with E-state index in [9.17, 15) is 8.42 Å². The van der Waals surface area contributed by atoms with Crippen molar-refractivity contribution in [3.63, 3.8) is 0 Å². The predicted molar refractivity (Wildman–Crippen MR) is 87.0 cm³/mol. The number of sulfonamides is 1. The summed E-state index contributed by atoms with van der Waals surface area (Å²) in [6.07, 6.45) is 0.848. The van der Waals surface area contributed by atoms with Gasteiger partial charge in [0.1, 0.15) is 4.90 Å². The number of rotatable bonds is 4. The van der Waals surface area contributed by atoms with Gasteiger partial charge in [-0.1, -0.05) is 31.2 Å². The molecule has 0 aliphatic rings. The molecule has 5 heteroatoms. The molecular weight excluding hydrogens is 284 g/mol. The molecule has 0 saturated heterocycles. The van der Waals surface area contributed by atoms with Crippen molar-refractivity contribution in [1.82, 2.24) is 0 Å². The second-order valence-electron chi connectivity index (χ2n) is 5.10. The zero-order chi connectivity index (χ0) is 15.6. The van der Waals surface area contributed by atoms with Crippen LogP contribution < -0.4 is 10.5 Å². The summed E-state index contributed by atoms with van der Waals surface area (Å²) < 4.78 is 27.8. The molecule has 0 amide bonds. The highest BCUT2D eigenvalue weighted by Gasteiger charge is 2.21. The number of hydrogen-bond donors (Lipinski definition) is 2. The first-order valence-corrected chi connectivity index (χ1v) is 8.31. The lowest BCUT2D eigenvalue weighted by Crippen LogP contribution is -2.17. The minimum atomic E-state index is -3.70. The van der Waals surface area contributed by atoms with Crippen molar-refractivity contribution in [2.45, 2.75) is 32.1 Å². The van der Waals surface area contributed by atoms with Gasteiger partial charge in [-0.3, -0.25) is 4.72 Å². The molecule has 0 saturated carbocycles. The zero-order valence-corrected chi connectivity index (χ0v) is 13.3. The topological polar surface area (TPSA) is 72.2 Å². The standard InChI is InChI=1S/C16H20N2O2S/c1-4-13-6-5-7-14(10-13)18-21(19,20)16-12(3)9-8-11(2)15(16)17/h5-10,18H,4,17H2,1-3H3. The van der Waals surface area contributed by atoms with Crippen LogP contribution in [0.15, 0.2) is 41.3 Å². The zero-order valence-electron chi connectivity index (χ0n) is 12.5. The Balaban J connectivity index is 2.46. The molecule has 0 aliphatic heterocycles. The maximum absolute atomic E-state index is 12.6. The van der Waals surface area contributed by atoms with Gasteiger partial charge in [0, 0.05) is 5.69 Å². The van der Waals surface area contributed by atoms with Crippen molar-refractivity contribution >= 4 is 21.4 Å². The third-order valence-corrected chi connectivity index (χ3v) is 5.05. The van der Waals surface area contributed by atoms with Crippen LogP contribution in [-0.2, 0) is 16.4 Å². The Bertz CT molecular complexity index is 768. The number of nitrogens with one attached hydrogen (secondary N) is 1. The van der Waals surface area contributed by atoms with E-state index < -0.39 is 10.0 Å². The Hall–Kier alpha value is -2.01. The number of hydrogen-bond acceptors (Lipinski definition) is 3. The van der Waals surface area contributed by atoms with E-state index in [1.807, 2.05) is 31.2 Å². The SMILES string of the molecule is CCc1cccc(NS(=O)(=O)c2c(C)ccc(C)c2N)c1. The Morgan fingerprint density at radius 1 is 1.10 bits per heavy atom. The van der Waals surface area contributed by atoms with Crippen LogP contribution in [0.2, 0.25) is 0 Å². The molecule has 0 spiro atoms. The Morgan fingerprint density at radius 2 is 1.76 bits per heavy atom. The van der Waals surface area contributed by atoms with Crippen molar-refractivity contribution in [2.24, 2.45) is 0 Å². The monoisotopic (exact) mass is 304 g/mol. The minimum absolute atomic E-state index is 0.157. The Kier molecular flexibility index (Phi) is 4.23. The summed E-state index contributed by atoms with van der Waals surface area (Å²) >= 11 is 0. The normalized spacial score (nSPS) is 11.4. The molecule has 2 aromatic carbocycles. The second kappa shape index (κ2) is 5.77. The Labute approximate surface area is 126 Å². The van der Waals surface area contributed by atoms with E-state index in [1.165, 1.54) is 0 Å². The fourth-order valence-corrected chi connectivity index (χ4v) is 3.71. The molecular formula is C16H20N2O2S. The van der Waals surface area contributed by atoms with Gasteiger partial charge in [0.05, 0.1) is 5.69 Å². The number of anilines is 2. The predicted octanol–water partition coefficient (Wildman–Crippen LogP) is 3.25. The Morgan fingerprint density at radius 3 is 2.43 bits per heavy atom. The van der Waals surface area contributed by atoms with Crippen LogP contribution in [0.5, 0.6) is 0 Å². The number of nitrogens with two attached hydrogens (primary N) is 1. The first-order valence-electron chi connectivity index (χ1n) is 6.82. The summed E-state index contributed by atoms with van der Waals surface area (Å²) in [5, 5.41) is 0. The highest BCUT2D eigenvalue weighted by Crippen LogP contribution is 2.28. The lowest BCUT2D eigenvalue weighted by molar-refractivity contribution is 0.601. The van der Waals surface area contributed by atoms with E-state index in [0.29, 0.717) is 16.9 Å². The molecule has 3 N–H and O–H groups in total. The second-order valence-corrected chi connectivity index (χ2v) is 6.72. The number of aryl methyl sites for hydroxylation is 3. The molecule has 2 aromatic rings. The van der Waals surface area contributed by atoms with E-state index in [4.69, 9.17) is 5.73 Å². The maximum Gasteiger partial charge on any atom is 0.264 e. The molecule has 0 fully saturated rings. The first-order chi connectivity index (χ1) is 9.85. The average Bonchev–Trinajstić information content (AvgIpc) is 2.42. The molecule has 0 atom stereocenters. The first kappa shape index (κ1) is 15.4. The van der Waals surface area contributed by atoms with E-state index in [0.717, 1.165) is 17.5 Å². The summed E-state index contributed by atoms with van der Waals surface area (Å²) in [4.78, 5) is 0.157. The van der Waals surface area contributed by atoms with Gasteiger partial charge >= 0.3 is 0 Å². The fourth-order valence-electron chi connectivity index (χ4n) is 2.22. The maximum atomic E-state index is 12.6. The molecule has 0 radical (unpaired) electrons. The molecule has 112 valence electrons. The lowest BCUT2D eigenvalue weighted by Gasteiger charge is -2.14. The van der Waals surface area contributed by atoms with Crippen LogP contribution in [0.1, 0.15) is 23.6 Å². The lowest BCUT2D eigenvalue weighted by atomic mass is 10.1. The van der Waals surface area contributed by atoms with Crippen LogP contribution in [0.4, 0.5) is 11.4 Å². The molecule has 4 nitrogen and oxygen atoms in total. The highest BCUT2D eigenvalue weighted by molar-refractivity contribution is 7.93.